The average Bonchev–Trinajstić information content (AvgIpc) is 2.87. The van der Waals surface area contributed by atoms with Crippen molar-refractivity contribution in [3.63, 3.8) is 0 Å². The van der Waals surface area contributed by atoms with Gasteiger partial charge in [-0.05, 0) is 12.1 Å². The number of rotatable bonds is 3. The first-order valence-electron chi connectivity index (χ1n) is 6.16. The molecule has 3 rings (SSSR count). The number of nitrogens with zero attached hydrogens (tertiary/aromatic N) is 3. The van der Waals surface area contributed by atoms with Crippen molar-refractivity contribution in [1.82, 2.24) is 14.8 Å². The van der Waals surface area contributed by atoms with Crippen molar-refractivity contribution in [2.75, 3.05) is 0 Å². The summed E-state index contributed by atoms with van der Waals surface area (Å²) in [5, 5.41) is 13.5. The van der Waals surface area contributed by atoms with Crippen LogP contribution in [0.2, 0.25) is 5.02 Å². The van der Waals surface area contributed by atoms with Gasteiger partial charge in [-0.2, -0.15) is 5.10 Å². The maximum absolute atomic E-state index is 11.3. The predicted molar refractivity (Wildman–Crippen MR) is 78.8 cm³/mol. The Labute approximate surface area is 125 Å². The number of carboxylic acids is 1. The summed E-state index contributed by atoms with van der Waals surface area (Å²) < 4.78 is 1.52. The first-order chi connectivity index (χ1) is 10.2. The molecule has 1 aromatic carbocycles. The molecule has 0 fully saturated rings. The summed E-state index contributed by atoms with van der Waals surface area (Å²) in [5.41, 5.74) is 1.85. The van der Waals surface area contributed by atoms with Gasteiger partial charge in [-0.25, -0.2) is 9.48 Å². The van der Waals surface area contributed by atoms with E-state index in [0.29, 0.717) is 11.4 Å². The molecule has 104 valence electrons. The van der Waals surface area contributed by atoms with Gasteiger partial charge in [0.2, 0.25) is 0 Å². The molecule has 0 aliphatic heterocycles. The molecule has 1 N–H and O–H groups in total. The van der Waals surface area contributed by atoms with Crippen LogP contribution in [0.3, 0.4) is 0 Å². The van der Waals surface area contributed by atoms with E-state index < -0.39 is 5.97 Å². The minimum Gasteiger partial charge on any atom is -0.476 e. The first kappa shape index (κ1) is 13.3. The summed E-state index contributed by atoms with van der Waals surface area (Å²) >= 11 is 6.23. The number of benzene rings is 1. The van der Waals surface area contributed by atoms with Crippen molar-refractivity contribution in [2.45, 2.75) is 0 Å². The number of aromatic carboxylic acids is 1. The second-order valence-electron chi connectivity index (χ2n) is 4.30. The monoisotopic (exact) mass is 299 g/mol. The highest BCUT2D eigenvalue weighted by Crippen LogP contribution is 2.32. The summed E-state index contributed by atoms with van der Waals surface area (Å²) in [6.45, 7) is 0. The Bertz CT molecular complexity index is 785. The number of halogens is 1. The molecule has 2 heterocycles. The van der Waals surface area contributed by atoms with E-state index in [1.54, 1.807) is 24.5 Å². The molecule has 0 radical (unpaired) electrons. The zero-order valence-electron chi connectivity index (χ0n) is 10.8. The van der Waals surface area contributed by atoms with E-state index in [2.05, 4.69) is 10.1 Å². The van der Waals surface area contributed by atoms with Gasteiger partial charge in [-0.1, -0.05) is 41.9 Å². The molecule has 0 bridgehead atoms. The molecular weight excluding hydrogens is 290 g/mol. The van der Waals surface area contributed by atoms with Crippen molar-refractivity contribution in [1.29, 1.82) is 0 Å². The fourth-order valence-corrected chi connectivity index (χ4v) is 2.36. The molecule has 0 atom stereocenters. The summed E-state index contributed by atoms with van der Waals surface area (Å²) in [5.74, 6) is -1.16. The summed E-state index contributed by atoms with van der Waals surface area (Å²) in [6, 6.07) is 12.8. The third-order valence-corrected chi connectivity index (χ3v) is 3.34. The van der Waals surface area contributed by atoms with Gasteiger partial charge in [0.05, 0.1) is 11.4 Å². The van der Waals surface area contributed by atoms with Crippen molar-refractivity contribution in [3.8, 4) is 16.9 Å². The number of hydrogen-bond donors (Lipinski definition) is 1. The van der Waals surface area contributed by atoms with Crippen LogP contribution in [0, 0.1) is 0 Å². The Balaban J connectivity index is 2.29. The number of carbonyl (C=O) groups is 1. The van der Waals surface area contributed by atoms with Crippen molar-refractivity contribution >= 4 is 17.6 Å². The van der Waals surface area contributed by atoms with Crippen molar-refractivity contribution in [3.05, 3.63) is 65.6 Å². The summed E-state index contributed by atoms with van der Waals surface area (Å²) in [4.78, 5) is 15.2. The van der Waals surface area contributed by atoms with Crippen LogP contribution in [0.1, 0.15) is 10.5 Å². The smallest absolute Gasteiger partial charge is 0.358 e. The molecule has 21 heavy (non-hydrogen) atoms. The largest absolute Gasteiger partial charge is 0.476 e. The van der Waals surface area contributed by atoms with Crippen LogP contribution in [0.5, 0.6) is 0 Å². The number of carboxylic acid groups (broad SMARTS) is 1. The van der Waals surface area contributed by atoms with Crippen LogP contribution in [-0.4, -0.2) is 25.8 Å². The predicted octanol–water partition coefficient (Wildman–Crippen LogP) is 3.29. The Hall–Kier alpha value is -2.66. The van der Waals surface area contributed by atoms with Gasteiger partial charge < -0.3 is 5.11 Å². The van der Waals surface area contributed by atoms with Gasteiger partial charge in [0.25, 0.3) is 0 Å². The lowest BCUT2D eigenvalue weighted by atomic mass is 10.1. The van der Waals surface area contributed by atoms with Crippen LogP contribution in [0.25, 0.3) is 16.9 Å². The lowest BCUT2D eigenvalue weighted by Crippen LogP contribution is -2.02. The SMILES string of the molecule is O=C(O)c1nn(-c2ccncc2)c(-c2ccccc2)c1Cl. The van der Waals surface area contributed by atoms with E-state index in [0.717, 1.165) is 5.56 Å². The number of pyridine rings is 1. The Morgan fingerprint density at radius 1 is 1.10 bits per heavy atom. The molecule has 0 amide bonds. The van der Waals surface area contributed by atoms with Gasteiger partial charge in [0.15, 0.2) is 5.69 Å². The van der Waals surface area contributed by atoms with E-state index in [-0.39, 0.29) is 10.7 Å². The number of aromatic nitrogens is 3. The molecule has 0 saturated carbocycles. The minimum atomic E-state index is -1.16. The molecule has 6 heteroatoms. The van der Waals surface area contributed by atoms with Crippen LogP contribution in [-0.2, 0) is 0 Å². The fourth-order valence-electron chi connectivity index (χ4n) is 2.05. The second kappa shape index (κ2) is 5.38. The van der Waals surface area contributed by atoms with Crippen LogP contribution >= 0.6 is 11.6 Å². The molecule has 3 aromatic rings. The van der Waals surface area contributed by atoms with E-state index in [4.69, 9.17) is 11.6 Å². The topological polar surface area (TPSA) is 68.0 Å². The highest BCUT2D eigenvalue weighted by atomic mass is 35.5. The second-order valence-corrected chi connectivity index (χ2v) is 4.68. The number of hydrogen-bond acceptors (Lipinski definition) is 3. The maximum atomic E-state index is 11.3. The molecule has 0 aliphatic carbocycles. The summed E-state index contributed by atoms with van der Waals surface area (Å²) in [7, 11) is 0. The third-order valence-electron chi connectivity index (χ3n) is 2.98. The first-order valence-corrected chi connectivity index (χ1v) is 6.54. The zero-order valence-corrected chi connectivity index (χ0v) is 11.5. The average molecular weight is 300 g/mol. The Kier molecular flexibility index (Phi) is 3.41. The van der Waals surface area contributed by atoms with Crippen LogP contribution in [0.4, 0.5) is 0 Å². The van der Waals surface area contributed by atoms with E-state index >= 15 is 0 Å². The normalized spacial score (nSPS) is 10.5. The van der Waals surface area contributed by atoms with Crippen LogP contribution in [0.15, 0.2) is 54.9 Å². The van der Waals surface area contributed by atoms with Gasteiger partial charge >= 0.3 is 5.97 Å². The molecule has 0 unspecified atom stereocenters. The molecule has 0 aliphatic rings. The van der Waals surface area contributed by atoms with Gasteiger partial charge in [-0.15, -0.1) is 0 Å². The third kappa shape index (κ3) is 2.39. The lowest BCUT2D eigenvalue weighted by molar-refractivity contribution is 0.0690. The quantitative estimate of drug-likeness (QED) is 0.806. The van der Waals surface area contributed by atoms with Crippen LogP contribution < -0.4 is 0 Å². The highest BCUT2D eigenvalue weighted by molar-refractivity contribution is 6.35. The molecular formula is C15H10ClN3O2. The zero-order chi connectivity index (χ0) is 14.8. The standard InChI is InChI=1S/C15H10ClN3O2/c16-12-13(15(20)21)18-19(11-6-8-17-9-7-11)14(12)10-4-2-1-3-5-10/h1-9H,(H,20,21). The van der Waals surface area contributed by atoms with E-state index in [1.807, 2.05) is 30.3 Å². The molecule has 0 spiro atoms. The summed E-state index contributed by atoms with van der Waals surface area (Å²) in [6.07, 6.45) is 3.22. The molecule has 0 saturated heterocycles. The van der Waals surface area contributed by atoms with Crippen molar-refractivity contribution < 1.29 is 9.90 Å². The minimum absolute atomic E-state index is 0.116. The molecule has 5 nitrogen and oxygen atoms in total. The lowest BCUT2D eigenvalue weighted by Gasteiger charge is -2.07. The highest BCUT2D eigenvalue weighted by Gasteiger charge is 2.22. The van der Waals surface area contributed by atoms with E-state index in [1.165, 1.54) is 4.68 Å². The van der Waals surface area contributed by atoms with E-state index in [9.17, 15) is 9.90 Å². The van der Waals surface area contributed by atoms with Gasteiger partial charge in [0, 0.05) is 18.0 Å². The van der Waals surface area contributed by atoms with Crippen molar-refractivity contribution in [2.24, 2.45) is 0 Å². The fraction of sp³-hybridized carbons (Fsp3) is 0. The maximum Gasteiger partial charge on any atom is 0.358 e. The van der Waals surface area contributed by atoms with Gasteiger partial charge in [0.1, 0.15) is 5.02 Å². The van der Waals surface area contributed by atoms with Gasteiger partial charge in [-0.3, -0.25) is 4.98 Å². The molecule has 2 aromatic heterocycles. The Morgan fingerprint density at radius 2 is 1.76 bits per heavy atom. The Morgan fingerprint density at radius 3 is 2.38 bits per heavy atom.